The Morgan fingerprint density at radius 2 is 1.74 bits per heavy atom. The number of methoxy groups -OCH3 is 1. The van der Waals surface area contributed by atoms with Crippen molar-refractivity contribution in [3.63, 3.8) is 0 Å². The van der Waals surface area contributed by atoms with Gasteiger partial charge in [0, 0.05) is 29.2 Å². The lowest BCUT2D eigenvalue weighted by Crippen LogP contribution is -2.30. The summed E-state index contributed by atoms with van der Waals surface area (Å²) in [4.78, 5) is 27.0. The number of halogens is 1. The fourth-order valence-corrected chi connectivity index (χ4v) is 3.36. The Morgan fingerprint density at radius 1 is 0.968 bits per heavy atom. The van der Waals surface area contributed by atoms with Crippen LogP contribution in [0.5, 0.6) is 5.75 Å². The topological polar surface area (TPSA) is 70.7 Å². The van der Waals surface area contributed by atoms with Crippen LogP contribution in [0, 0.1) is 0 Å². The molecule has 0 heterocycles. The van der Waals surface area contributed by atoms with Gasteiger partial charge in [0.2, 0.25) is 5.91 Å². The van der Waals surface area contributed by atoms with Crippen LogP contribution in [-0.2, 0) is 4.79 Å². The summed E-state index contributed by atoms with van der Waals surface area (Å²) in [5.41, 5.74) is 2.58. The average molecular weight is 438 g/mol. The molecule has 7 heteroatoms. The number of hydrogen-bond acceptors (Lipinski definition) is 4. The molecule has 31 heavy (non-hydrogen) atoms. The molecule has 160 valence electrons. The molecule has 3 rings (SSSR count). The molecule has 2 N–H and O–H groups in total. The van der Waals surface area contributed by atoms with Crippen LogP contribution in [0.1, 0.15) is 17.3 Å². The molecule has 0 unspecified atom stereocenters. The first kappa shape index (κ1) is 22.2. The van der Waals surface area contributed by atoms with Crippen LogP contribution in [0.4, 0.5) is 17.1 Å². The monoisotopic (exact) mass is 437 g/mol. The fourth-order valence-electron chi connectivity index (χ4n) is 3.10. The Bertz CT molecular complexity index is 1060. The number of carbonyl (C=O) groups is 2. The Morgan fingerprint density at radius 3 is 2.42 bits per heavy atom. The van der Waals surface area contributed by atoms with Gasteiger partial charge in [0.15, 0.2) is 0 Å². The first-order valence-corrected chi connectivity index (χ1v) is 10.2. The molecule has 3 aromatic rings. The Hall–Kier alpha value is -3.51. The first-order chi connectivity index (χ1) is 15.0. The number of amides is 2. The summed E-state index contributed by atoms with van der Waals surface area (Å²) in [6, 6.07) is 21.6. The van der Waals surface area contributed by atoms with E-state index in [-0.39, 0.29) is 18.4 Å². The molecule has 0 aliphatic rings. The van der Waals surface area contributed by atoms with Gasteiger partial charge in [-0.3, -0.25) is 9.59 Å². The highest BCUT2D eigenvalue weighted by Gasteiger charge is 2.16. The van der Waals surface area contributed by atoms with E-state index >= 15 is 0 Å². The SMILES string of the molecule is CCN(C(=O)c1cccc(NC(=O)CNc2ccc(OC)c(Cl)c2)c1)c1ccccc1. The number of benzene rings is 3. The van der Waals surface area contributed by atoms with E-state index in [0.29, 0.717) is 34.3 Å². The average Bonchev–Trinajstić information content (AvgIpc) is 2.79. The van der Waals surface area contributed by atoms with Crippen LogP contribution in [0.25, 0.3) is 0 Å². The second-order valence-corrected chi connectivity index (χ2v) is 7.12. The Labute approximate surface area is 186 Å². The van der Waals surface area contributed by atoms with E-state index in [1.807, 2.05) is 37.3 Å². The van der Waals surface area contributed by atoms with Crippen molar-refractivity contribution in [2.24, 2.45) is 0 Å². The maximum Gasteiger partial charge on any atom is 0.258 e. The van der Waals surface area contributed by atoms with Gasteiger partial charge in [0.05, 0.1) is 18.7 Å². The maximum atomic E-state index is 13.0. The molecule has 0 bridgehead atoms. The second kappa shape index (κ2) is 10.5. The molecule has 0 radical (unpaired) electrons. The van der Waals surface area contributed by atoms with Gasteiger partial charge in [0.25, 0.3) is 5.91 Å². The Balaban J connectivity index is 1.64. The molecule has 2 amide bonds. The summed E-state index contributed by atoms with van der Waals surface area (Å²) < 4.78 is 5.12. The molecule has 0 fully saturated rings. The minimum absolute atomic E-state index is 0.0476. The lowest BCUT2D eigenvalue weighted by Gasteiger charge is -2.21. The van der Waals surface area contributed by atoms with E-state index in [9.17, 15) is 9.59 Å². The highest BCUT2D eigenvalue weighted by molar-refractivity contribution is 6.32. The smallest absolute Gasteiger partial charge is 0.258 e. The third-order valence-electron chi connectivity index (χ3n) is 4.63. The van der Waals surface area contributed by atoms with Crippen molar-refractivity contribution in [1.29, 1.82) is 0 Å². The van der Waals surface area contributed by atoms with Gasteiger partial charge in [-0.15, -0.1) is 0 Å². The largest absolute Gasteiger partial charge is 0.495 e. The molecule has 0 saturated carbocycles. The van der Waals surface area contributed by atoms with E-state index in [1.54, 1.807) is 54.5 Å². The van der Waals surface area contributed by atoms with Gasteiger partial charge in [-0.25, -0.2) is 0 Å². The molecule has 0 aliphatic carbocycles. The molecule has 0 spiro atoms. The predicted octanol–water partition coefficient (Wildman–Crippen LogP) is 5.07. The minimum atomic E-state index is -0.244. The Kier molecular flexibility index (Phi) is 7.51. The number of nitrogens with one attached hydrogen (secondary N) is 2. The van der Waals surface area contributed by atoms with Gasteiger partial charge in [-0.2, -0.15) is 0 Å². The number of rotatable bonds is 8. The van der Waals surface area contributed by atoms with E-state index < -0.39 is 0 Å². The van der Waals surface area contributed by atoms with E-state index in [4.69, 9.17) is 16.3 Å². The van der Waals surface area contributed by atoms with Crippen LogP contribution in [0.2, 0.25) is 5.02 Å². The maximum absolute atomic E-state index is 13.0. The molecule has 6 nitrogen and oxygen atoms in total. The summed E-state index contributed by atoms with van der Waals surface area (Å²) in [7, 11) is 1.54. The molecule has 0 aromatic heterocycles. The highest BCUT2D eigenvalue weighted by Crippen LogP contribution is 2.27. The number of carbonyl (C=O) groups excluding carboxylic acids is 2. The normalized spacial score (nSPS) is 10.3. The number of anilines is 3. The molecule has 0 saturated heterocycles. The fraction of sp³-hybridized carbons (Fsp3) is 0.167. The minimum Gasteiger partial charge on any atom is -0.495 e. The van der Waals surface area contributed by atoms with Gasteiger partial charge in [-0.1, -0.05) is 35.9 Å². The third-order valence-corrected chi connectivity index (χ3v) is 4.92. The zero-order valence-corrected chi connectivity index (χ0v) is 18.1. The number of hydrogen-bond donors (Lipinski definition) is 2. The summed E-state index contributed by atoms with van der Waals surface area (Å²) in [6.45, 7) is 2.51. The highest BCUT2D eigenvalue weighted by atomic mass is 35.5. The van der Waals surface area contributed by atoms with Crippen LogP contribution in [0.3, 0.4) is 0 Å². The van der Waals surface area contributed by atoms with Crippen molar-refractivity contribution >= 4 is 40.5 Å². The van der Waals surface area contributed by atoms with Gasteiger partial charge in [0.1, 0.15) is 5.75 Å². The van der Waals surface area contributed by atoms with Crippen molar-refractivity contribution in [2.75, 3.05) is 35.7 Å². The standard InChI is InChI=1S/C24H24ClN3O3/c1-3-28(20-10-5-4-6-11-20)24(30)17-8-7-9-19(14-17)27-23(29)16-26-18-12-13-22(31-2)21(25)15-18/h4-15,26H,3,16H2,1-2H3,(H,27,29). The van der Waals surface area contributed by atoms with Crippen molar-refractivity contribution in [2.45, 2.75) is 6.92 Å². The third kappa shape index (κ3) is 5.77. The second-order valence-electron chi connectivity index (χ2n) is 6.72. The first-order valence-electron chi connectivity index (χ1n) is 9.86. The summed E-state index contributed by atoms with van der Waals surface area (Å²) in [6.07, 6.45) is 0. The van der Waals surface area contributed by atoms with Crippen LogP contribution >= 0.6 is 11.6 Å². The van der Waals surface area contributed by atoms with E-state index in [0.717, 1.165) is 5.69 Å². The zero-order valence-electron chi connectivity index (χ0n) is 17.4. The van der Waals surface area contributed by atoms with Gasteiger partial charge >= 0.3 is 0 Å². The van der Waals surface area contributed by atoms with Crippen molar-refractivity contribution < 1.29 is 14.3 Å². The predicted molar refractivity (Wildman–Crippen MR) is 125 cm³/mol. The van der Waals surface area contributed by atoms with Gasteiger partial charge in [-0.05, 0) is 55.5 Å². The van der Waals surface area contributed by atoms with Crippen molar-refractivity contribution in [1.82, 2.24) is 0 Å². The lowest BCUT2D eigenvalue weighted by molar-refractivity contribution is -0.114. The van der Waals surface area contributed by atoms with Crippen molar-refractivity contribution in [3.05, 3.63) is 83.4 Å². The number of para-hydroxylation sites is 1. The van der Waals surface area contributed by atoms with Crippen molar-refractivity contribution in [3.8, 4) is 5.75 Å². The van der Waals surface area contributed by atoms with Crippen LogP contribution in [0.15, 0.2) is 72.8 Å². The molecule has 0 aliphatic heterocycles. The number of nitrogens with zero attached hydrogens (tertiary/aromatic N) is 1. The molecular formula is C24H24ClN3O3. The summed E-state index contributed by atoms with van der Waals surface area (Å²) in [5.74, 6) is 0.192. The number of ether oxygens (including phenoxy) is 1. The quantitative estimate of drug-likeness (QED) is 0.516. The summed E-state index contributed by atoms with van der Waals surface area (Å²) in [5, 5.41) is 6.28. The van der Waals surface area contributed by atoms with Crippen LogP contribution < -0.4 is 20.3 Å². The molecular weight excluding hydrogens is 414 g/mol. The van der Waals surface area contributed by atoms with E-state index in [2.05, 4.69) is 10.6 Å². The zero-order chi connectivity index (χ0) is 22.2. The lowest BCUT2D eigenvalue weighted by atomic mass is 10.1. The van der Waals surface area contributed by atoms with E-state index in [1.165, 1.54) is 0 Å². The van der Waals surface area contributed by atoms with Crippen LogP contribution in [-0.4, -0.2) is 32.0 Å². The molecule has 0 atom stereocenters. The summed E-state index contributed by atoms with van der Waals surface area (Å²) >= 11 is 6.10. The molecule has 3 aromatic carbocycles. The van der Waals surface area contributed by atoms with Gasteiger partial charge < -0.3 is 20.3 Å².